The van der Waals surface area contributed by atoms with E-state index in [0.717, 1.165) is 0 Å². The second-order valence-electron chi connectivity index (χ2n) is 5.32. The van der Waals surface area contributed by atoms with Crippen molar-refractivity contribution in [3.8, 4) is 0 Å². The monoisotopic (exact) mass is 298 g/mol. The molecule has 0 bridgehead atoms. The average Bonchev–Trinajstić information content (AvgIpc) is 2.46. The number of carboxylic acids is 1. The normalized spacial score (nSPS) is 21.4. The quantitative estimate of drug-likeness (QED) is 0.439. The van der Waals surface area contributed by atoms with Gasteiger partial charge in [-0.15, -0.1) is 0 Å². The second-order valence-corrected chi connectivity index (χ2v) is 5.32. The summed E-state index contributed by atoms with van der Waals surface area (Å²) in [4.78, 5) is 33.7. The highest BCUT2D eigenvalue weighted by Crippen LogP contribution is 2.29. The molecule has 118 valence electrons. The maximum absolute atomic E-state index is 11.8. The predicted octanol–water partition coefficient (Wildman–Crippen LogP) is 1.93. The van der Waals surface area contributed by atoms with Crippen LogP contribution < -0.4 is 0 Å². The van der Waals surface area contributed by atoms with Crippen molar-refractivity contribution in [2.45, 2.75) is 39.0 Å². The van der Waals surface area contributed by atoms with E-state index in [1.54, 1.807) is 6.92 Å². The zero-order valence-corrected chi connectivity index (χ0v) is 12.3. The Labute approximate surface area is 124 Å². The number of hydrogen-bond donors (Lipinski definition) is 1. The van der Waals surface area contributed by atoms with Gasteiger partial charge in [-0.2, -0.15) is 0 Å². The Balaban J connectivity index is 2.13. The van der Waals surface area contributed by atoms with Crippen LogP contribution >= 0.6 is 0 Å². The van der Waals surface area contributed by atoms with Gasteiger partial charge in [0.15, 0.2) is 0 Å². The van der Waals surface area contributed by atoms with E-state index in [9.17, 15) is 14.4 Å². The van der Waals surface area contributed by atoms with Gasteiger partial charge >= 0.3 is 17.9 Å². The summed E-state index contributed by atoms with van der Waals surface area (Å²) in [7, 11) is 0. The third kappa shape index (κ3) is 5.97. The fourth-order valence-corrected chi connectivity index (χ4v) is 2.21. The lowest BCUT2D eigenvalue weighted by Crippen LogP contribution is -2.27. The first kappa shape index (κ1) is 17.2. The molecule has 0 heterocycles. The lowest BCUT2D eigenvalue weighted by molar-refractivity contribution is -0.153. The van der Waals surface area contributed by atoms with E-state index in [1.165, 1.54) is 0 Å². The van der Waals surface area contributed by atoms with Gasteiger partial charge in [-0.05, 0) is 32.6 Å². The van der Waals surface area contributed by atoms with Gasteiger partial charge < -0.3 is 14.6 Å². The van der Waals surface area contributed by atoms with Crippen LogP contribution in [0.5, 0.6) is 0 Å². The van der Waals surface area contributed by atoms with E-state index >= 15 is 0 Å². The molecule has 1 aliphatic rings. The number of carbonyl (C=O) groups excluding carboxylic acids is 2. The van der Waals surface area contributed by atoms with Crippen LogP contribution in [0.25, 0.3) is 0 Å². The highest BCUT2D eigenvalue weighted by molar-refractivity contribution is 5.86. The van der Waals surface area contributed by atoms with Crippen molar-refractivity contribution in [3.63, 3.8) is 0 Å². The van der Waals surface area contributed by atoms with Gasteiger partial charge in [0.1, 0.15) is 0 Å². The van der Waals surface area contributed by atoms with Gasteiger partial charge in [-0.1, -0.05) is 6.58 Å². The number of ether oxygens (including phenoxy) is 2. The maximum Gasteiger partial charge on any atom is 0.333 e. The van der Waals surface area contributed by atoms with Gasteiger partial charge in [0.25, 0.3) is 0 Å². The highest BCUT2D eigenvalue weighted by Gasteiger charge is 2.30. The molecule has 0 aromatic rings. The molecule has 0 aromatic carbocycles. The van der Waals surface area contributed by atoms with E-state index in [1.807, 2.05) is 0 Å². The van der Waals surface area contributed by atoms with Crippen molar-refractivity contribution < 1.29 is 29.0 Å². The molecule has 1 rings (SSSR count). The van der Waals surface area contributed by atoms with Crippen LogP contribution in [0.15, 0.2) is 12.2 Å². The molecule has 0 amide bonds. The molecule has 0 atom stereocenters. The molecular weight excluding hydrogens is 276 g/mol. The predicted molar refractivity (Wildman–Crippen MR) is 74.4 cm³/mol. The molecule has 1 fully saturated rings. The summed E-state index contributed by atoms with van der Waals surface area (Å²) in [6.07, 6.45) is 2.59. The number of aliphatic carboxylic acids is 1. The van der Waals surface area contributed by atoms with Crippen LogP contribution in [0.4, 0.5) is 0 Å². The first-order valence-electron chi connectivity index (χ1n) is 7.14. The van der Waals surface area contributed by atoms with Crippen LogP contribution in [-0.2, 0) is 23.9 Å². The molecule has 1 aliphatic carbocycles. The SMILES string of the molecule is C=C(C)C(=O)OCCCOC(=O)C1CCC(C(=O)O)CC1. The molecular formula is C15H22O6. The zero-order valence-electron chi connectivity index (χ0n) is 12.3. The summed E-state index contributed by atoms with van der Waals surface area (Å²) in [5.41, 5.74) is 0.335. The minimum atomic E-state index is -0.791. The molecule has 1 saturated carbocycles. The summed E-state index contributed by atoms with van der Waals surface area (Å²) >= 11 is 0. The van der Waals surface area contributed by atoms with Crippen LogP contribution in [0, 0.1) is 11.8 Å². The molecule has 0 saturated heterocycles. The second kappa shape index (κ2) is 8.44. The van der Waals surface area contributed by atoms with E-state index in [0.29, 0.717) is 37.7 Å². The first-order valence-corrected chi connectivity index (χ1v) is 7.14. The van der Waals surface area contributed by atoms with Crippen LogP contribution in [0.3, 0.4) is 0 Å². The molecule has 1 N–H and O–H groups in total. The van der Waals surface area contributed by atoms with Crippen LogP contribution in [-0.4, -0.2) is 36.2 Å². The first-order chi connectivity index (χ1) is 9.91. The van der Waals surface area contributed by atoms with Crippen molar-refractivity contribution in [1.29, 1.82) is 0 Å². The Hall–Kier alpha value is -1.85. The Bertz CT molecular complexity index is 406. The van der Waals surface area contributed by atoms with Crippen molar-refractivity contribution >= 4 is 17.9 Å². The third-order valence-electron chi connectivity index (χ3n) is 3.52. The fraction of sp³-hybridized carbons (Fsp3) is 0.667. The third-order valence-corrected chi connectivity index (χ3v) is 3.52. The van der Waals surface area contributed by atoms with Gasteiger partial charge in [0.05, 0.1) is 25.0 Å². The largest absolute Gasteiger partial charge is 0.481 e. The Kier molecular flexibility index (Phi) is 6.91. The minimum absolute atomic E-state index is 0.185. The summed E-state index contributed by atoms with van der Waals surface area (Å²) in [6, 6.07) is 0. The van der Waals surface area contributed by atoms with E-state index in [2.05, 4.69) is 6.58 Å². The zero-order chi connectivity index (χ0) is 15.8. The van der Waals surface area contributed by atoms with Gasteiger partial charge in [0, 0.05) is 12.0 Å². The standard InChI is InChI=1S/C15H22O6/c1-10(2)14(18)20-8-3-9-21-15(19)12-6-4-11(5-7-12)13(16)17/h11-12H,1,3-9H2,2H3,(H,16,17). The van der Waals surface area contributed by atoms with Gasteiger partial charge in [0.2, 0.25) is 0 Å². The Morgan fingerprint density at radius 1 is 1.05 bits per heavy atom. The molecule has 0 radical (unpaired) electrons. The lowest BCUT2D eigenvalue weighted by atomic mass is 9.82. The van der Waals surface area contributed by atoms with Crippen molar-refractivity contribution in [1.82, 2.24) is 0 Å². The van der Waals surface area contributed by atoms with Crippen LogP contribution in [0.2, 0.25) is 0 Å². The Morgan fingerprint density at radius 3 is 2.10 bits per heavy atom. The fourth-order valence-electron chi connectivity index (χ4n) is 2.21. The summed E-state index contributed by atoms with van der Waals surface area (Å²) in [5, 5.41) is 8.88. The van der Waals surface area contributed by atoms with Crippen molar-refractivity contribution in [2.24, 2.45) is 11.8 Å². The highest BCUT2D eigenvalue weighted by atomic mass is 16.5. The van der Waals surface area contributed by atoms with E-state index < -0.39 is 11.9 Å². The molecule has 0 unspecified atom stereocenters. The van der Waals surface area contributed by atoms with Crippen molar-refractivity contribution in [3.05, 3.63) is 12.2 Å². The van der Waals surface area contributed by atoms with Gasteiger partial charge in [-0.25, -0.2) is 4.79 Å². The number of hydrogen-bond acceptors (Lipinski definition) is 5. The Morgan fingerprint density at radius 2 is 1.57 bits per heavy atom. The molecule has 0 spiro atoms. The molecule has 21 heavy (non-hydrogen) atoms. The average molecular weight is 298 g/mol. The van der Waals surface area contributed by atoms with Gasteiger partial charge in [-0.3, -0.25) is 9.59 Å². The molecule has 6 heteroatoms. The summed E-state index contributed by atoms with van der Waals surface area (Å²) in [6.45, 7) is 5.41. The lowest BCUT2D eigenvalue weighted by Gasteiger charge is -2.24. The van der Waals surface area contributed by atoms with Crippen molar-refractivity contribution in [2.75, 3.05) is 13.2 Å². The topological polar surface area (TPSA) is 89.9 Å². The summed E-state index contributed by atoms with van der Waals surface area (Å²) in [5.74, 6) is -2.08. The minimum Gasteiger partial charge on any atom is -0.481 e. The number of rotatable bonds is 7. The molecule has 0 aliphatic heterocycles. The number of carboxylic acid groups (broad SMARTS) is 1. The number of carbonyl (C=O) groups is 3. The molecule has 0 aromatic heterocycles. The number of esters is 2. The summed E-state index contributed by atoms with van der Waals surface area (Å²) < 4.78 is 10.00. The van der Waals surface area contributed by atoms with E-state index in [4.69, 9.17) is 14.6 Å². The maximum atomic E-state index is 11.8. The smallest absolute Gasteiger partial charge is 0.333 e. The van der Waals surface area contributed by atoms with Crippen LogP contribution in [0.1, 0.15) is 39.0 Å². The molecule has 6 nitrogen and oxygen atoms in total. The van der Waals surface area contributed by atoms with E-state index in [-0.39, 0.29) is 31.0 Å².